The Kier molecular flexibility index (Phi) is 5.53. The number of benzene rings is 1. The van der Waals surface area contributed by atoms with Crippen LogP contribution in [0, 0.1) is 0 Å². The van der Waals surface area contributed by atoms with E-state index in [1.165, 1.54) is 19.2 Å². The highest BCUT2D eigenvalue weighted by Crippen LogP contribution is 2.27. The summed E-state index contributed by atoms with van der Waals surface area (Å²) in [6.07, 6.45) is -0.676. The van der Waals surface area contributed by atoms with Gasteiger partial charge < -0.3 is 15.6 Å². The molecule has 0 aliphatic rings. The van der Waals surface area contributed by atoms with E-state index in [2.05, 4.69) is 0 Å². The number of ether oxygens (including phenoxy) is 1. The number of nitrogens with one attached hydrogen (secondary N) is 1. The molecule has 0 aromatic heterocycles. The number of rotatable bonds is 7. The monoisotopic (exact) mass is 336 g/mol. The summed E-state index contributed by atoms with van der Waals surface area (Å²) >= 11 is 5.72. The molecule has 21 heavy (non-hydrogen) atoms. The van der Waals surface area contributed by atoms with Crippen LogP contribution in [0.3, 0.4) is 0 Å². The fourth-order valence-corrected chi connectivity index (χ4v) is 3.00. The van der Waals surface area contributed by atoms with E-state index < -0.39 is 34.4 Å². The van der Waals surface area contributed by atoms with Gasteiger partial charge in [0.15, 0.2) is 0 Å². The second-order valence-corrected chi connectivity index (χ2v) is 6.10. The summed E-state index contributed by atoms with van der Waals surface area (Å²) in [6.45, 7) is 0. The van der Waals surface area contributed by atoms with Crippen LogP contribution in [0.4, 0.5) is 0 Å². The maximum absolute atomic E-state index is 12.2. The van der Waals surface area contributed by atoms with Gasteiger partial charge in [-0.15, -0.1) is 0 Å². The summed E-state index contributed by atoms with van der Waals surface area (Å²) in [5.41, 5.74) is 4.89. The zero-order chi connectivity index (χ0) is 16.2. The fourth-order valence-electron chi connectivity index (χ4n) is 1.49. The minimum absolute atomic E-state index is 0.0572. The predicted octanol–water partition coefficient (Wildman–Crippen LogP) is -0.0445. The lowest BCUT2D eigenvalue weighted by Crippen LogP contribution is -2.43. The van der Waals surface area contributed by atoms with E-state index in [0.29, 0.717) is 0 Å². The third-order valence-electron chi connectivity index (χ3n) is 2.42. The number of sulfonamides is 1. The number of carboxylic acids is 1. The number of hydrogen-bond donors (Lipinski definition) is 3. The largest absolute Gasteiger partial charge is 0.495 e. The third-order valence-corrected chi connectivity index (χ3v) is 4.16. The molecule has 0 bridgehead atoms. The Balaban J connectivity index is 3.16. The highest BCUT2D eigenvalue weighted by Gasteiger charge is 2.28. The van der Waals surface area contributed by atoms with Crippen LogP contribution < -0.4 is 15.2 Å². The molecule has 0 aliphatic heterocycles. The van der Waals surface area contributed by atoms with E-state index in [9.17, 15) is 18.0 Å². The Morgan fingerprint density at radius 2 is 2.10 bits per heavy atom. The Morgan fingerprint density at radius 3 is 2.57 bits per heavy atom. The van der Waals surface area contributed by atoms with Gasteiger partial charge in [0.2, 0.25) is 15.9 Å². The van der Waals surface area contributed by atoms with Gasteiger partial charge in [-0.1, -0.05) is 11.6 Å². The number of carbonyl (C=O) groups excluding carboxylic acids is 1. The average Bonchev–Trinajstić information content (AvgIpc) is 2.36. The van der Waals surface area contributed by atoms with Gasteiger partial charge in [-0.2, -0.15) is 4.72 Å². The minimum Gasteiger partial charge on any atom is -0.495 e. The van der Waals surface area contributed by atoms with Crippen LogP contribution in [-0.2, 0) is 19.6 Å². The normalized spacial score (nSPS) is 12.7. The molecular formula is C11H13ClN2O6S. The maximum atomic E-state index is 12.2. The van der Waals surface area contributed by atoms with Gasteiger partial charge in [0.1, 0.15) is 16.7 Å². The first-order chi connectivity index (χ1) is 9.67. The van der Waals surface area contributed by atoms with Gasteiger partial charge in [0, 0.05) is 11.1 Å². The molecule has 0 fully saturated rings. The minimum atomic E-state index is -4.23. The number of amides is 1. The van der Waals surface area contributed by atoms with Crippen molar-refractivity contribution in [2.24, 2.45) is 5.73 Å². The lowest BCUT2D eigenvalue weighted by Gasteiger charge is -2.15. The second-order valence-electron chi connectivity index (χ2n) is 3.98. The maximum Gasteiger partial charge on any atom is 0.322 e. The molecule has 116 valence electrons. The van der Waals surface area contributed by atoms with Crippen molar-refractivity contribution >= 4 is 33.5 Å². The Bertz CT molecular complexity index is 661. The molecule has 0 radical (unpaired) electrons. The van der Waals surface area contributed by atoms with Crippen molar-refractivity contribution < 1.29 is 27.9 Å². The van der Waals surface area contributed by atoms with Gasteiger partial charge >= 0.3 is 5.97 Å². The highest BCUT2D eigenvalue weighted by molar-refractivity contribution is 7.89. The van der Waals surface area contributed by atoms with Gasteiger partial charge in [-0.05, 0) is 12.1 Å². The summed E-state index contributed by atoms with van der Waals surface area (Å²) < 4.78 is 31.1. The SMILES string of the molecule is COc1cc(Cl)ccc1S(=O)(=O)NC(CC(N)=O)C(=O)O. The van der Waals surface area contributed by atoms with Crippen LogP contribution in [0.5, 0.6) is 5.75 Å². The number of halogens is 1. The van der Waals surface area contributed by atoms with Crippen LogP contribution in [0.25, 0.3) is 0 Å². The van der Waals surface area contributed by atoms with E-state index in [-0.39, 0.29) is 15.7 Å². The lowest BCUT2D eigenvalue weighted by atomic mass is 10.2. The molecule has 1 aromatic carbocycles. The number of nitrogens with two attached hydrogens (primary N) is 1. The average molecular weight is 337 g/mol. The van der Waals surface area contributed by atoms with Crippen molar-refractivity contribution in [3.8, 4) is 5.75 Å². The summed E-state index contributed by atoms with van der Waals surface area (Å²) in [5.74, 6) is -2.53. The van der Waals surface area contributed by atoms with E-state index in [4.69, 9.17) is 27.2 Å². The van der Waals surface area contributed by atoms with Crippen LogP contribution in [-0.4, -0.2) is 38.6 Å². The van der Waals surface area contributed by atoms with Crippen LogP contribution in [0.2, 0.25) is 5.02 Å². The number of hydrogen-bond acceptors (Lipinski definition) is 5. The number of aliphatic carboxylic acids is 1. The summed E-state index contributed by atoms with van der Waals surface area (Å²) in [4.78, 5) is 21.5. The fraction of sp³-hybridized carbons (Fsp3) is 0.273. The lowest BCUT2D eigenvalue weighted by molar-refractivity contribution is -0.140. The summed E-state index contributed by atoms with van der Waals surface area (Å²) in [7, 11) is -2.99. The van der Waals surface area contributed by atoms with E-state index in [1.807, 2.05) is 4.72 Å². The van der Waals surface area contributed by atoms with Crippen molar-refractivity contribution in [3.05, 3.63) is 23.2 Å². The number of primary amides is 1. The first-order valence-corrected chi connectivity index (χ1v) is 7.40. The molecule has 1 rings (SSSR count). The molecule has 0 saturated carbocycles. The smallest absolute Gasteiger partial charge is 0.322 e. The molecule has 1 atom stereocenters. The molecule has 0 saturated heterocycles. The van der Waals surface area contributed by atoms with Crippen molar-refractivity contribution in [1.29, 1.82) is 0 Å². The molecule has 1 amide bonds. The molecule has 1 unspecified atom stereocenters. The Hall–Kier alpha value is -1.84. The van der Waals surface area contributed by atoms with Crippen molar-refractivity contribution in [3.63, 3.8) is 0 Å². The van der Waals surface area contributed by atoms with Gasteiger partial charge in [0.05, 0.1) is 13.5 Å². The van der Waals surface area contributed by atoms with Crippen molar-refractivity contribution in [2.45, 2.75) is 17.4 Å². The van der Waals surface area contributed by atoms with Gasteiger partial charge in [-0.3, -0.25) is 9.59 Å². The first-order valence-electron chi connectivity index (χ1n) is 5.54. The van der Waals surface area contributed by atoms with Crippen molar-refractivity contribution in [2.75, 3.05) is 7.11 Å². The van der Waals surface area contributed by atoms with Gasteiger partial charge in [-0.25, -0.2) is 8.42 Å². The molecular weight excluding hydrogens is 324 g/mol. The molecule has 0 spiro atoms. The molecule has 10 heteroatoms. The number of methoxy groups -OCH3 is 1. The third kappa shape index (κ3) is 4.59. The zero-order valence-corrected chi connectivity index (χ0v) is 12.4. The standard InChI is InChI=1S/C11H13ClN2O6S/c1-20-8-4-6(12)2-3-9(8)21(18,19)14-7(11(16)17)5-10(13)15/h2-4,7,14H,5H2,1H3,(H2,13,15)(H,16,17). The number of carboxylic acid groups (broad SMARTS) is 1. The first kappa shape index (κ1) is 17.2. The molecule has 8 nitrogen and oxygen atoms in total. The Morgan fingerprint density at radius 1 is 1.48 bits per heavy atom. The van der Waals surface area contributed by atoms with E-state index in [0.717, 1.165) is 6.07 Å². The molecule has 1 aromatic rings. The summed E-state index contributed by atoms with van der Waals surface area (Å²) in [6, 6.07) is 2.06. The van der Waals surface area contributed by atoms with Crippen molar-refractivity contribution in [1.82, 2.24) is 4.72 Å². The zero-order valence-electron chi connectivity index (χ0n) is 10.9. The Labute approximate surface area is 125 Å². The van der Waals surface area contributed by atoms with Crippen LogP contribution in [0.1, 0.15) is 6.42 Å². The highest BCUT2D eigenvalue weighted by atomic mass is 35.5. The quantitative estimate of drug-likeness (QED) is 0.639. The number of carbonyl (C=O) groups is 2. The van der Waals surface area contributed by atoms with Crippen LogP contribution >= 0.6 is 11.6 Å². The van der Waals surface area contributed by atoms with E-state index in [1.54, 1.807) is 0 Å². The summed E-state index contributed by atoms with van der Waals surface area (Å²) in [5, 5.41) is 9.16. The molecule has 0 aliphatic carbocycles. The second kappa shape index (κ2) is 6.74. The van der Waals surface area contributed by atoms with Gasteiger partial charge in [0.25, 0.3) is 0 Å². The van der Waals surface area contributed by atoms with Crippen LogP contribution in [0.15, 0.2) is 23.1 Å². The topological polar surface area (TPSA) is 136 Å². The molecule has 4 N–H and O–H groups in total. The predicted molar refractivity (Wildman–Crippen MR) is 73.6 cm³/mol. The molecule has 0 heterocycles. The van der Waals surface area contributed by atoms with E-state index >= 15 is 0 Å².